The van der Waals surface area contributed by atoms with Crippen molar-refractivity contribution in [3.63, 3.8) is 0 Å². The Morgan fingerprint density at radius 2 is 1.86 bits per heavy atom. The minimum absolute atomic E-state index is 0.152. The molecule has 0 spiro atoms. The van der Waals surface area contributed by atoms with Gasteiger partial charge in [-0.2, -0.15) is 0 Å². The molecule has 0 radical (unpaired) electrons. The van der Waals surface area contributed by atoms with Crippen LogP contribution >= 0.6 is 15.9 Å². The fourth-order valence-electron chi connectivity index (χ4n) is 2.14. The highest BCUT2D eigenvalue weighted by atomic mass is 79.9. The molecule has 0 aromatic heterocycles. The third-order valence-electron chi connectivity index (χ3n) is 3.28. The van der Waals surface area contributed by atoms with Crippen LogP contribution in [-0.4, -0.2) is 5.78 Å². The Morgan fingerprint density at radius 3 is 2.21 bits per heavy atom. The van der Waals surface area contributed by atoms with Crippen LogP contribution in [0.5, 0.6) is 0 Å². The van der Waals surface area contributed by atoms with E-state index in [-0.39, 0.29) is 5.41 Å². The van der Waals surface area contributed by atoms with Crippen molar-refractivity contribution in [1.82, 2.24) is 0 Å². The van der Waals surface area contributed by atoms with E-state index in [0.717, 1.165) is 17.3 Å². The summed E-state index contributed by atoms with van der Waals surface area (Å²) in [6.07, 6.45) is 3.21. The van der Waals surface area contributed by atoms with Crippen molar-refractivity contribution in [2.75, 3.05) is 0 Å². The standard InChI is InChI=1S/C12H13BrO/c1-9(14)12(7-2-8-12)10-3-5-11(13)6-4-10/h3-6H,2,7-8H2,1H3. The summed E-state index contributed by atoms with van der Waals surface area (Å²) >= 11 is 3.40. The van der Waals surface area contributed by atoms with E-state index in [9.17, 15) is 4.79 Å². The maximum Gasteiger partial charge on any atom is 0.140 e. The molecule has 0 heterocycles. The number of carbonyl (C=O) groups is 1. The van der Waals surface area contributed by atoms with Crippen LogP contribution in [0.1, 0.15) is 31.7 Å². The molecular formula is C12H13BrO. The summed E-state index contributed by atoms with van der Waals surface area (Å²) in [5.41, 5.74) is 1.03. The van der Waals surface area contributed by atoms with E-state index in [0.29, 0.717) is 5.78 Å². The number of Topliss-reactive ketones (excluding diaryl/α,β-unsaturated/α-hetero) is 1. The predicted molar refractivity (Wildman–Crippen MR) is 60.4 cm³/mol. The van der Waals surface area contributed by atoms with E-state index in [1.54, 1.807) is 6.92 Å². The van der Waals surface area contributed by atoms with Crippen molar-refractivity contribution in [3.05, 3.63) is 34.3 Å². The molecule has 0 unspecified atom stereocenters. The van der Waals surface area contributed by atoms with Gasteiger partial charge in [-0.15, -0.1) is 0 Å². The molecule has 1 fully saturated rings. The first-order valence-electron chi connectivity index (χ1n) is 4.92. The first-order valence-corrected chi connectivity index (χ1v) is 5.71. The summed E-state index contributed by atoms with van der Waals surface area (Å²) in [4.78, 5) is 11.6. The molecule has 14 heavy (non-hydrogen) atoms. The largest absolute Gasteiger partial charge is 0.299 e. The lowest BCUT2D eigenvalue weighted by Crippen LogP contribution is -2.40. The number of benzene rings is 1. The van der Waals surface area contributed by atoms with Gasteiger partial charge in [-0.05, 0) is 37.5 Å². The second kappa shape index (κ2) is 3.50. The summed E-state index contributed by atoms with van der Waals surface area (Å²) in [6.45, 7) is 1.71. The summed E-state index contributed by atoms with van der Waals surface area (Å²) in [5.74, 6) is 0.311. The van der Waals surface area contributed by atoms with Gasteiger partial charge in [0.15, 0.2) is 0 Å². The zero-order valence-electron chi connectivity index (χ0n) is 8.22. The Kier molecular flexibility index (Phi) is 2.48. The molecule has 0 bridgehead atoms. The number of carbonyl (C=O) groups excluding carboxylic acids is 1. The normalized spacial score (nSPS) is 18.7. The van der Waals surface area contributed by atoms with Crippen molar-refractivity contribution in [2.24, 2.45) is 0 Å². The molecule has 74 valence electrons. The zero-order valence-corrected chi connectivity index (χ0v) is 9.80. The zero-order chi connectivity index (χ0) is 10.2. The summed E-state index contributed by atoms with van der Waals surface area (Å²) in [6, 6.07) is 8.14. The van der Waals surface area contributed by atoms with Gasteiger partial charge in [0.1, 0.15) is 5.78 Å². The predicted octanol–water partition coefficient (Wildman–Crippen LogP) is 3.46. The average Bonchev–Trinajstić information content (AvgIpc) is 2.05. The molecule has 1 aromatic rings. The molecule has 0 aliphatic heterocycles. The van der Waals surface area contributed by atoms with Crippen LogP contribution in [0.4, 0.5) is 0 Å². The van der Waals surface area contributed by atoms with Crippen molar-refractivity contribution in [2.45, 2.75) is 31.6 Å². The minimum atomic E-state index is -0.152. The summed E-state index contributed by atoms with van der Waals surface area (Å²) in [5, 5.41) is 0. The van der Waals surface area contributed by atoms with Gasteiger partial charge in [0.25, 0.3) is 0 Å². The SMILES string of the molecule is CC(=O)C1(c2ccc(Br)cc2)CCC1. The second-order valence-electron chi connectivity index (χ2n) is 4.00. The van der Waals surface area contributed by atoms with Crippen LogP contribution in [0.3, 0.4) is 0 Å². The molecule has 0 saturated heterocycles. The minimum Gasteiger partial charge on any atom is -0.299 e. The fourth-order valence-corrected chi connectivity index (χ4v) is 2.41. The number of hydrogen-bond donors (Lipinski definition) is 0. The van der Waals surface area contributed by atoms with Crippen LogP contribution in [0.25, 0.3) is 0 Å². The van der Waals surface area contributed by atoms with Gasteiger partial charge in [0.05, 0.1) is 5.41 Å². The van der Waals surface area contributed by atoms with Gasteiger partial charge < -0.3 is 0 Å². The van der Waals surface area contributed by atoms with E-state index in [4.69, 9.17) is 0 Å². The monoisotopic (exact) mass is 252 g/mol. The third kappa shape index (κ3) is 1.42. The Balaban J connectivity index is 2.37. The molecule has 1 nitrogen and oxygen atoms in total. The topological polar surface area (TPSA) is 17.1 Å². The fraction of sp³-hybridized carbons (Fsp3) is 0.417. The molecule has 0 amide bonds. The molecule has 1 aromatic carbocycles. The second-order valence-corrected chi connectivity index (χ2v) is 4.91. The highest BCUT2D eigenvalue weighted by Crippen LogP contribution is 2.44. The summed E-state index contributed by atoms with van der Waals surface area (Å²) in [7, 11) is 0. The van der Waals surface area contributed by atoms with Crippen LogP contribution in [0, 0.1) is 0 Å². The molecule has 1 aliphatic rings. The Morgan fingerprint density at radius 1 is 1.29 bits per heavy atom. The van der Waals surface area contributed by atoms with E-state index >= 15 is 0 Å². The smallest absolute Gasteiger partial charge is 0.140 e. The van der Waals surface area contributed by atoms with Crippen LogP contribution in [0.2, 0.25) is 0 Å². The highest BCUT2D eigenvalue weighted by molar-refractivity contribution is 9.10. The molecule has 1 saturated carbocycles. The van der Waals surface area contributed by atoms with Crippen molar-refractivity contribution in [3.8, 4) is 0 Å². The number of hydrogen-bond acceptors (Lipinski definition) is 1. The van der Waals surface area contributed by atoms with Gasteiger partial charge in [-0.1, -0.05) is 34.5 Å². The van der Waals surface area contributed by atoms with Crippen LogP contribution < -0.4 is 0 Å². The van der Waals surface area contributed by atoms with Gasteiger partial charge in [0.2, 0.25) is 0 Å². The van der Waals surface area contributed by atoms with Crippen LogP contribution in [-0.2, 0) is 10.2 Å². The van der Waals surface area contributed by atoms with Gasteiger partial charge in [-0.3, -0.25) is 4.79 Å². The van der Waals surface area contributed by atoms with Crippen molar-refractivity contribution >= 4 is 21.7 Å². The van der Waals surface area contributed by atoms with E-state index in [2.05, 4.69) is 28.1 Å². The van der Waals surface area contributed by atoms with Crippen molar-refractivity contribution < 1.29 is 4.79 Å². The first-order chi connectivity index (χ1) is 6.65. The molecule has 0 N–H and O–H groups in total. The van der Waals surface area contributed by atoms with Gasteiger partial charge in [-0.25, -0.2) is 0 Å². The van der Waals surface area contributed by atoms with E-state index < -0.39 is 0 Å². The molecule has 2 rings (SSSR count). The maximum atomic E-state index is 11.6. The Labute approximate surface area is 92.6 Å². The number of ketones is 1. The number of halogens is 1. The lowest BCUT2D eigenvalue weighted by Gasteiger charge is -2.40. The van der Waals surface area contributed by atoms with Gasteiger partial charge in [0, 0.05) is 4.47 Å². The van der Waals surface area contributed by atoms with E-state index in [1.807, 2.05) is 12.1 Å². The average molecular weight is 253 g/mol. The third-order valence-corrected chi connectivity index (χ3v) is 3.81. The number of rotatable bonds is 2. The Bertz CT molecular complexity index is 349. The van der Waals surface area contributed by atoms with Gasteiger partial charge >= 0.3 is 0 Å². The highest BCUT2D eigenvalue weighted by Gasteiger charge is 2.42. The van der Waals surface area contributed by atoms with E-state index in [1.165, 1.54) is 12.0 Å². The molecule has 1 aliphatic carbocycles. The van der Waals surface area contributed by atoms with Crippen molar-refractivity contribution in [1.29, 1.82) is 0 Å². The quantitative estimate of drug-likeness (QED) is 0.788. The maximum absolute atomic E-state index is 11.6. The summed E-state index contributed by atoms with van der Waals surface area (Å²) < 4.78 is 1.07. The molecular weight excluding hydrogens is 240 g/mol. The lowest BCUT2D eigenvalue weighted by atomic mass is 9.62. The molecule has 2 heteroatoms. The first kappa shape index (κ1) is 9.91. The lowest BCUT2D eigenvalue weighted by molar-refractivity contribution is -0.125. The van der Waals surface area contributed by atoms with Crippen LogP contribution in [0.15, 0.2) is 28.7 Å². The Hall–Kier alpha value is -0.630. The molecule has 0 atom stereocenters.